The van der Waals surface area contributed by atoms with Crippen LogP contribution in [0.3, 0.4) is 0 Å². The van der Waals surface area contributed by atoms with Gasteiger partial charge in [0.1, 0.15) is 17.8 Å². The molecule has 1 amide bonds. The molecule has 1 saturated heterocycles. The molecule has 1 saturated carbocycles. The fourth-order valence-electron chi connectivity index (χ4n) is 3.57. The molecule has 1 aliphatic heterocycles. The number of rotatable bonds is 7. The van der Waals surface area contributed by atoms with Crippen LogP contribution in [0.4, 0.5) is 10.1 Å². The van der Waals surface area contributed by atoms with E-state index in [1.54, 1.807) is 31.5 Å². The highest BCUT2D eigenvalue weighted by Gasteiger charge is 2.40. The first-order valence-corrected chi connectivity index (χ1v) is 8.94. The van der Waals surface area contributed by atoms with Gasteiger partial charge < -0.3 is 15.8 Å². The Labute approximate surface area is 156 Å². The number of nitrogens with zero attached hydrogens (tertiary/aromatic N) is 3. The van der Waals surface area contributed by atoms with Gasteiger partial charge >= 0.3 is 0 Å². The number of ether oxygens (including phenoxy) is 1. The maximum atomic E-state index is 13.6. The molecule has 2 aliphatic rings. The van der Waals surface area contributed by atoms with Crippen LogP contribution >= 0.6 is 0 Å². The highest BCUT2D eigenvalue weighted by Crippen LogP contribution is 2.47. The number of amides is 1. The zero-order chi connectivity index (χ0) is 19.6. The van der Waals surface area contributed by atoms with Gasteiger partial charge in [0.2, 0.25) is 5.91 Å². The van der Waals surface area contributed by atoms with Gasteiger partial charge in [-0.05, 0) is 25.8 Å². The van der Waals surface area contributed by atoms with E-state index in [1.165, 1.54) is 0 Å². The molecular weight excluding hydrogens is 355 g/mol. The van der Waals surface area contributed by atoms with E-state index in [-0.39, 0.29) is 13.1 Å². The minimum Gasteiger partial charge on any atom is -0.495 e. The molecule has 4 N–H and O–H groups in total. The summed E-state index contributed by atoms with van der Waals surface area (Å²) in [4.78, 5) is 29.9. The molecule has 2 heterocycles. The number of methoxy groups -OCH3 is 1. The van der Waals surface area contributed by atoms with E-state index in [9.17, 15) is 14.1 Å². The average molecular weight is 380 g/mol. The summed E-state index contributed by atoms with van der Waals surface area (Å²) < 4.78 is 19.0. The number of alkyl halides is 1. The Morgan fingerprint density at radius 3 is 2.85 bits per heavy atom. The van der Waals surface area contributed by atoms with Gasteiger partial charge in [-0.2, -0.15) is 0 Å². The molecule has 10 heteroatoms. The number of nitroso groups, excluding NO2 is 1. The molecule has 0 radical (unpaired) electrons. The Morgan fingerprint density at radius 2 is 2.26 bits per heavy atom. The Hall–Kier alpha value is -2.17. The summed E-state index contributed by atoms with van der Waals surface area (Å²) in [6.07, 6.45) is 2.24. The lowest BCUT2D eigenvalue weighted by Crippen LogP contribution is -2.62. The normalized spacial score (nSPS) is 25.5. The molecular formula is C17H25FN6O3. The van der Waals surface area contributed by atoms with Crippen molar-refractivity contribution >= 4 is 11.6 Å². The Bertz CT molecular complexity index is 701. The minimum absolute atomic E-state index is 0.0817. The number of carbonyl (C=O) groups excluding carboxylic acids is 1. The quantitative estimate of drug-likeness (QED) is 0.597. The number of carbonyl (C=O) groups is 1. The van der Waals surface area contributed by atoms with Crippen LogP contribution < -0.4 is 21.1 Å². The summed E-state index contributed by atoms with van der Waals surface area (Å²) in [7, 11) is 3.22. The van der Waals surface area contributed by atoms with Gasteiger partial charge in [0.05, 0.1) is 31.4 Å². The first kappa shape index (κ1) is 19.6. The topological polar surface area (TPSA) is 122 Å². The van der Waals surface area contributed by atoms with Crippen LogP contribution in [0.1, 0.15) is 24.3 Å². The second-order valence-corrected chi connectivity index (χ2v) is 7.08. The lowest BCUT2D eigenvalue weighted by Gasteiger charge is -2.39. The third-order valence-corrected chi connectivity index (χ3v) is 5.06. The van der Waals surface area contributed by atoms with Crippen molar-refractivity contribution in [3.63, 3.8) is 0 Å². The van der Waals surface area contributed by atoms with E-state index < -0.39 is 30.3 Å². The third-order valence-electron chi connectivity index (χ3n) is 5.06. The number of halogens is 1. The van der Waals surface area contributed by atoms with Gasteiger partial charge in [0, 0.05) is 18.7 Å². The van der Waals surface area contributed by atoms with E-state index in [0.29, 0.717) is 17.4 Å². The molecule has 4 unspecified atom stereocenters. The number of aromatic nitrogens is 1. The highest BCUT2D eigenvalue weighted by atomic mass is 19.1. The van der Waals surface area contributed by atoms with Crippen LogP contribution in [0.5, 0.6) is 5.75 Å². The van der Waals surface area contributed by atoms with Crippen molar-refractivity contribution in [1.29, 1.82) is 0 Å². The van der Waals surface area contributed by atoms with Crippen molar-refractivity contribution in [2.75, 3.05) is 32.6 Å². The molecule has 2 fully saturated rings. The molecule has 1 aromatic rings. The second kappa shape index (κ2) is 8.24. The fraction of sp³-hybridized carbons (Fsp3) is 0.647. The lowest BCUT2D eigenvalue weighted by atomic mass is 9.98. The minimum atomic E-state index is -1.27. The summed E-state index contributed by atoms with van der Waals surface area (Å²) in [5.74, 6) is -0.547. The summed E-state index contributed by atoms with van der Waals surface area (Å²) in [5, 5.41) is 8.62. The van der Waals surface area contributed by atoms with Crippen LogP contribution in [0, 0.1) is 10.8 Å². The van der Waals surface area contributed by atoms with Gasteiger partial charge in [-0.25, -0.2) is 4.39 Å². The van der Waals surface area contributed by atoms with Crippen molar-refractivity contribution in [3.8, 4) is 5.75 Å². The average Bonchev–Trinajstić information content (AvgIpc) is 3.48. The van der Waals surface area contributed by atoms with Gasteiger partial charge in [-0.15, -0.1) is 4.91 Å². The smallest absolute Gasteiger partial charge is 0.234 e. The largest absolute Gasteiger partial charge is 0.495 e. The number of hydrogen-bond donors (Lipinski definition) is 3. The number of nitrogens with two attached hydrogens (primary N) is 1. The molecule has 0 bridgehead atoms. The molecule has 4 atom stereocenters. The van der Waals surface area contributed by atoms with Crippen molar-refractivity contribution in [3.05, 3.63) is 22.9 Å². The van der Waals surface area contributed by atoms with Crippen molar-refractivity contribution in [2.24, 2.45) is 16.8 Å². The maximum absolute atomic E-state index is 13.6. The Morgan fingerprint density at radius 1 is 1.52 bits per heavy atom. The monoisotopic (exact) mass is 380 g/mol. The van der Waals surface area contributed by atoms with E-state index in [2.05, 4.69) is 20.8 Å². The summed E-state index contributed by atoms with van der Waals surface area (Å²) >= 11 is 0. The van der Waals surface area contributed by atoms with Gasteiger partial charge in [0.25, 0.3) is 0 Å². The first-order valence-electron chi connectivity index (χ1n) is 8.94. The van der Waals surface area contributed by atoms with Gasteiger partial charge in [-0.1, -0.05) is 5.18 Å². The van der Waals surface area contributed by atoms with E-state index in [4.69, 9.17) is 10.5 Å². The molecule has 27 heavy (non-hydrogen) atoms. The highest BCUT2D eigenvalue weighted by molar-refractivity contribution is 5.94. The zero-order valence-electron chi connectivity index (χ0n) is 15.4. The van der Waals surface area contributed by atoms with Crippen LogP contribution in [-0.4, -0.2) is 61.5 Å². The number of hydrogen-bond acceptors (Lipinski definition) is 8. The molecule has 3 rings (SSSR count). The molecule has 0 spiro atoms. The standard InChI is InChI=1S/C17H25FN6O3/c1-24-8-10(18)5-21-16(24)14(15(19)23-26)17(25)22-11-6-20-7-12(27-2)13(11)9-3-4-9/h6-7,9-10,14-16,21H,3-5,8,19H2,1-2H3,(H,22,25). The Balaban J connectivity index is 1.84. The fourth-order valence-corrected chi connectivity index (χ4v) is 3.57. The zero-order valence-corrected chi connectivity index (χ0v) is 15.4. The first-order chi connectivity index (χ1) is 13.0. The number of nitrogens with one attached hydrogen (secondary N) is 2. The maximum Gasteiger partial charge on any atom is 0.234 e. The van der Waals surface area contributed by atoms with Gasteiger partial charge in [0.15, 0.2) is 6.17 Å². The molecule has 0 aromatic carbocycles. The van der Waals surface area contributed by atoms with Crippen LogP contribution in [0.2, 0.25) is 0 Å². The SMILES string of the molecule is COc1cncc(NC(=O)C(C(N)N=O)C2NCC(F)CN2C)c1C1CC1. The van der Waals surface area contributed by atoms with Gasteiger partial charge in [-0.3, -0.25) is 20.0 Å². The van der Waals surface area contributed by atoms with Crippen molar-refractivity contribution in [1.82, 2.24) is 15.2 Å². The van der Waals surface area contributed by atoms with E-state index in [0.717, 1.165) is 18.4 Å². The number of anilines is 1. The summed E-state index contributed by atoms with van der Waals surface area (Å²) in [5.41, 5.74) is 7.25. The number of pyridine rings is 1. The summed E-state index contributed by atoms with van der Waals surface area (Å²) in [6, 6.07) is 0. The molecule has 1 aliphatic carbocycles. The molecule has 9 nitrogen and oxygen atoms in total. The second-order valence-electron chi connectivity index (χ2n) is 7.08. The van der Waals surface area contributed by atoms with Crippen LogP contribution in [0.15, 0.2) is 17.6 Å². The lowest BCUT2D eigenvalue weighted by molar-refractivity contribution is -0.124. The van der Waals surface area contributed by atoms with E-state index in [1.807, 2.05) is 0 Å². The Kier molecular flexibility index (Phi) is 5.98. The molecule has 1 aromatic heterocycles. The van der Waals surface area contributed by atoms with Crippen LogP contribution in [-0.2, 0) is 4.79 Å². The third kappa shape index (κ3) is 4.23. The van der Waals surface area contributed by atoms with Crippen LogP contribution in [0.25, 0.3) is 0 Å². The van der Waals surface area contributed by atoms with E-state index >= 15 is 0 Å². The summed E-state index contributed by atoms with van der Waals surface area (Å²) in [6.45, 7) is 0.222. The molecule has 148 valence electrons. The predicted octanol–water partition coefficient (Wildman–Crippen LogP) is 0.773. The van der Waals surface area contributed by atoms with Crippen molar-refractivity contribution < 1.29 is 13.9 Å². The predicted molar refractivity (Wildman–Crippen MR) is 98.0 cm³/mol. The van der Waals surface area contributed by atoms with Crippen molar-refractivity contribution in [2.45, 2.75) is 37.3 Å².